The molecule has 2 amide bonds. The van der Waals surface area contributed by atoms with Gasteiger partial charge in [0.1, 0.15) is 23.9 Å². The van der Waals surface area contributed by atoms with Crippen LogP contribution in [0.5, 0.6) is 0 Å². The van der Waals surface area contributed by atoms with Gasteiger partial charge in [-0.05, 0) is 18.9 Å². The monoisotopic (exact) mass is 597 g/mol. The summed E-state index contributed by atoms with van der Waals surface area (Å²) in [5, 5.41) is 23.9. The van der Waals surface area contributed by atoms with Crippen LogP contribution < -0.4 is 36.8 Å². The Hall–Kier alpha value is -4.55. The molecule has 2 aromatic heterocycles. The number of hydrazine groups is 2. The number of nitrogens with one attached hydrogen (secondary N) is 3. The smallest absolute Gasteiger partial charge is 0.278 e. The lowest BCUT2D eigenvalue weighted by molar-refractivity contribution is -0.689. The summed E-state index contributed by atoms with van der Waals surface area (Å²) >= 11 is 2.23. The SMILES string of the molecule is Nc1nc(C(=NOC2C=CCC2)C(=O)NC2C(=O)N3C(C(=O)[O-])=C(C[n+]4ccc(N5N=CNN5)cc4)CS[C@@H]23)ns1. The molecule has 5 heterocycles. The second kappa shape index (κ2) is 11.1. The molecule has 1 saturated heterocycles. The number of carbonyl (C=O) groups excluding carboxylic acids is 3. The van der Waals surface area contributed by atoms with E-state index in [-0.39, 0.29) is 35.0 Å². The van der Waals surface area contributed by atoms with E-state index in [0.717, 1.165) is 28.5 Å². The predicted molar refractivity (Wildman–Crippen MR) is 145 cm³/mol. The molecule has 4 aliphatic rings. The van der Waals surface area contributed by atoms with E-state index >= 15 is 0 Å². The molecule has 2 aromatic rings. The van der Waals surface area contributed by atoms with Gasteiger partial charge in [0.25, 0.3) is 11.8 Å². The Labute approximate surface area is 240 Å². The number of nitrogens with two attached hydrogens (primary N) is 1. The molecule has 0 spiro atoms. The number of rotatable bonds is 9. The third-order valence-corrected chi connectivity index (χ3v) is 8.43. The fraction of sp³-hybridized carbons (Fsp3) is 0.304. The van der Waals surface area contributed by atoms with Crippen molar-refractivity contribution in [2.75, 3.05) is 16.6 Å². The third-order valence-electron chi connectivity index (χ3n) is 6.54. The first-order valence-electron chi connectivity index (χ1n) is 12.4. The van der Waals surface area contributed by atoms with Gasteiger partial charge in [0.05, 0.1) is 17.4 Å². The van der Waals surface area contributed by atoms with E-state index in [0.29, 0.717) is 17.7 Å². The zero-order valence-corrected chi connectivity index (χ0v) is 22.8. The van der Waals surface area contributed by atoms with Gasteiger partial charge in [-0.15, -0.1) is 22.4 Å². The molecule has 6 rings (SSSR count). The van der Waals surface area contributed by atoms with Gasteiger partial charge < -0.3 is 25.8 Å². The maximum Gasteiger partial charge on any atom is 0.278 e. The van der Waals surface area contributed by atoms with E-state index in [4.69, 9.17) is 10.6 Å². The van der Waals surface area contributed by atoms with Crippen LogP contribution in [-0.2, 0) is 25.8 Å². The van der Waals surface area contributed by atoms with Crippen molar-refractivity contribution in [3.63, 3.8) is 0 Å². The van der Waals surface area contributed by atoms with Crippen molar-refractivity contribution in [2.24, 2.45) is 10.3 Å². The van der Waals surface area contributed by atoms with Crippen LogP contribution in [0.3, 0.4) is 0 Å². The third kappa shape index (κ3) is 5.31. The Balaban J connectivity index is 1.17. The number of amides is 2. The molecule has 16 nitrogen and oxygen atoms in total. The molecule has 5 N–H and O–H groups in total. The quantitative estimate of drug-likeness (QED) is 0.0793. The summed E-state index contributed by atoms with van der Waals surface area (Å²) in [7, 11) is 0. The fourth-order valence-electron chi connectivity index (χ4n) is 4.58. The number of hydrogen-bond donors (Lipinski definition) is 4. The molecular weight excluding hydrogens is 574 g/mol. The summed E-state index contributed by atoms with van der Waals surface area (Å²) in [5.74, 6) is -2.51. The lowest BCUT2D eigenvalue weighted by atomic mass is 10.0. The van der Waals surface area contributed by atoms with E-state index < -0.39 is 29.2 Å². The van der Waals surface area contributed by atoms with Gasteiger partial charge in [-0.1, -0.05) is 11.2 Å². The Bertz CT molecular complexity index is 1510. The van der Waals surface area contributed by atoms with Crippen LogP contribution in [0.1, 0.15) is 18.7 Å². The zero-order valence-electron chi connectivity index (χ0n) is 21.2. The Kier molecular flexibility index (Phi) is 7.25. The number of pyridine rings is 1. The van der Waals surface area contributed by atoms with Crippen molar-refractivity contribution in [3.8, 4) is 0 Å². The minimum Gasteiger partial charge on any atom is -0.543 e. The predicted octanol–water partition coefficient (Wildman–Crippen LogP) is -2.28. The maximum absolute atomic E-state index is 13.2. The average Bonchev–Trinajstić information content (AvgIpc) is 3.76. The topological polar surface area (TPSA) is 206 Å². The van der Waals surface area contributed by atoms with Gasteiger partial charge in [-0.25, -0.2) is 4.57 Å². The van der Waals surface area contributed by atoms with E-state index in [2.05, 4.69) is 35.9 Å². The van der Waals surface area contributed by atoms with Crippen molar-refractivity contribution in [1.82, 2.24) is 30.5 Å². The molecule has 18 heteroatoms. The molecule has 212 valence electrons. The van der Waals surface area contributed by atoms with Gasteiger partial charge in [-0.2, -0.15) is 14.5 Å². The van der Waals surface area contributed by atoms with Gasteiger partial charge in [-0.3, -0.25) is 19.9 Å². The summed E-state index contributed by atoms with van der Waals surface area (Å²) in [6.45, 7) is 0.222. The van der Waals surface area contributed by atoms with E-state index in [9.17, 15) is 19.5 Å². The van der Waals surface area contributed by atoms with Gasteiger partial charge in [0.2, 0.25) is 11.5 Å². The highest BCUT2D eigenvalue weighted by molar-refractivity contribution is 8.00. The molecule has 0 bridgehead atoms. The number of nitrogen functional groups attached to an aromatic ring is 1. The first-order valence-corrected chi connectivity index (χ1v) is 14.2. The highest BCUT2D eigenvalue weighted by Gasteiger charge is 2.53. The second-order valence-corrected chi connectivity index (χ2v) is 11.1. The largest absolute Gasteiger partial charge is 0.543 e. The van der Waals surface area contributed by atoms with Crippen molar-refractivity contribution >= 4 is 63.9 Å². The van der Waals surface area contributed by atoms with Crippen LogP contribution in [0.4, 0.5) is 10.8 Å². The van der Waals surface area contributed by atoms with Crippen molar-refractivity contribution < 1.29 is 28.9 Å². The summed E-state index contributed by atoms with van der Waals surface area (Å²) < 4.78 is 5.84. The minimum atomic E-state index is -1.47. The van der Waals surface area contributed by atoms with Crippen LogP contribution in [0.2, 0.25) is 0 Å². The standard InChI is InChI=1S/C23H23N11O5S2/c24-23-28-18(30-41-23)15(29-39-14-3-1-2-4-14)19(35)27-16-20(36)33-17(22(37)38)12(10-40-21(16)33)9-32-7-5-13(6-8-32)34-26-11-25-31-34/h1,3,5-8,11,14,16,21H,2,4,9-10H2,(H5-,24,25,26,27,28,29,30,31,35,37,38)/t14?,16?,21-/m0/s1. The van der Waals surface area contributed by atoms with Crippen LogP contribution in [0.25, 0.3) is 0 Å². The number of fused-ring (bicyclic) bond motifs is 1. The molecule has 1 fully saturated rings. The lowest BCUT2D eigenvalue weighted by Crippen LogP contribution is -2.71. The molecule has 0 aromatic carbocycles. The fourth-order valence-corrected chi connectivity index (χ4v) is 6.35. The maximum atomic E-state index is 13.2. The Morgan fingerprint density at radius 3 is 2.83 bits per heavy atom. The van der Waals surface area contributed by atoms with Crippen LogP contribution in [-0.4, -0.2) is 67.4 Å². The van der Waals surface area contributed by atoms with E-state index in [1.807, 2.05) is 12.2 Å². The molecule has 2 unspecified atom stereocenters. The molecule has 0 radical (unpaired) electrons. The summed E-state index contributed by atoms with van der Waals surface area (Å²) in [5.41, 5.74) is 12.1. The van der Waals surface area contributed by atoms with Crippen LogP contribution in [0.15, 0.2) is 58.2 Å². The average molecular weight is 598 g/mol. The number of carbonyl (C=O) groups is 3. The molecular formula is C23H23N11O5S2. The summed E-state index contributed by atoms with van der Waals surface area (Å²) in [6.07, 6.45) is 10.1. The first-order chi connectivity index (χ1) is 19.9. The number of carboxylic acid groups (broad SMARTS) is 1. The first kappa shape index (κ1) is 26.7. The van der Waals surface area contributed by atoms with Crippen molar-refractivity contribution in [1.29, 1.82) is 0 Å². The normalized spacial score (nSPS) is 23.4. The second-order valence-electron chi connectivity index (χ2n) is 9.19. The van der Waals surface area contributed by atoms with Crippen LogP contribution >= 0.6 is 23.3 Å². The highest BCUT2D eigenvalue weighted by Crippen LogP contribution is 2.40. The number of hydrazone groups is 1. The van der Waals surface area contributed by atoms with E-state index in [1.165, 1.54) is 23.2 Å². The number of thioether (sulfide) groups is 1. The van der Waals surface area contributed by atoms with Crippen LogP contribution in [0, 0.1) is 0 Å². The van der Waals surface area contributed by atoms with Gasteiger partial charge >= 0.3 is 0 Å². The highest BCUT2D eigenvalue weighted by atomic mass is 32.2. The lowest BCUT2D eigenvalue weighted by Gasteiger charge is -2.50. The van der Waals surface area contributed by atoms with Crippen molar-refractivity contribution in [3.05, 3.63) is 53.8 Å². The Morgan fingerprint density at radius 2 is 2.17 bits per heavy atom. The summed E-state index contributed by atoms with van der Waals surface area (Å²) in [4.78, 5) is 49.2. The summed E-state index contributed by atoms with van der Waals surface area (Å²) in [6, 6.07) is 2.60. The number of hydrogen-bond acceptors (Lipinski definition) is 15. The zero-order chi connectivity index (χ0) is 28.5. The number of oxime groups is 1. The number of allylic oxidation sites excluding steroid dienone is 1. The number of nitrogens with zero attached hydrogens (tertiary/aromatic N) is 7. The number of carboxylic acids is 1. The van der Waals surface area contributed by atoms with E-state index in [1.54, 1.807) is 29.1 Å². The Morgan fingerprint density at radius 1 is 1.34 bits per heavy atom. The molecule has 1 aliphatic carbocycles. The molecule has 3 aliphatic heterocycles. The number of aliphatic carboxylic acids is 1. The number of β-lactam (4-membered cyclic amide) rings is 1. The molecule has 3 atom stereocenters. The number of anilines is 2. The van der Waals surface area contributed by atoms with Gasteiger partial charge in [0, 0.05) is 35.0 Å². The number of aromatic nitrogens is 3. The van der Waals surface area contributed by atoms with Gasteiger partial charge in [0.15, 0.2) is 24.1 Å². The van der Waals surface area contributed by atoms with Crippen molar-refractivity contribution in [2.45, 2.75) is 36.9 Å². The minimum absolute atomic E-state index is 0.0314. The molecule has 41 heavy (non-hydrogen) atoms. The molecule has 0 saturated carbocycles.